The van der Waals surface area contributed by atoms with Crippen LogP contribution in [-0.2, 0) is 16.3 Å². The van der Waals surface area contributed by atoms with Crippen LogP contribution < -0.4 is 15.8 Å². The lowest BCUT2D eigenvalue weighted by Gasteiger charge is -2.16. The number of nitrogens with one attached hydrogen (secondary N) is 1. The molecule has 0 fully saturated rings. The van der Waals surface area contributed by atoms with Gasteiger partial charge < -0.3 is 20.9 Å². The van der Waals surface area contributed by atoms with Gasteiger partial charge in [0, 0.05) is 29.9 Å². The number of ether oxygens (including phenoxy) is 1. The lowest BCUT2D eigenvalue weighted by atomic mass is 10.0. The standard InChI is InChI=1S/C33H31N3O5S/c1-21-16-28(42(39,40)27-10-3-7-24(17-27)23-13-11-22(12-14-23)6-5-15-37)19-29-31(21)35-20-30(33(34)38)32(29)36-25-8-4-9-26(18-25)41-2/h3-4,7-14,16-20,37H,5-6,15H2,1-2H3,(H2,34,38)(H,35,36). The van der Waals surface area contributed by atoms with Crippen LogP contribution in [0.1, 0.15) is 27.9 Å². The molecule has 214 valence electrons. The van der Waals surface area contributed by atoms with E-state index in [0.717, 1.165) is 23.1 Å². The second-order valence-electron chi connectivity index (χ2n) is 9.96. The molecule has 4 N–H and O–H groups in total. The van der Waals surface area contributed by atoms with Gasteiger partial charge in [-0.1, -0.05) is 42.5 Å². The SMILES string of the molecule is COc1cccc(Nc2c(C(N)=O)cnc3c(C)cc(S(=O)(=O)c4cccc(-c5ccc(CCCO)cc5)c4)cc23)c1. The number of carbonyl (C=O) groups is 1. The van der Waals surface area contributed by atoms with Crippen molar-refractivity contribution in [2.45, 2.75) is 29.6 Å². The highest BCUT2D eigenvalue weighted by Gasteiger charge is 2.23. The number of aromatic nitrogens is 1. The quantitative estimate of drug-likeness (QED) is 0.189. The summed E-state index contributed by atoms with van der Waals surface area (Å²) in [7, 11) is -2.40. The number of nitrogens with zero attached hydrogens (tertiary/aromatic N) is 1. The maximum atomic E-state index is 14.0. The van der Waals surface area contributed by atoms with E-state index in [2.05, 4.69) is 10.3 Å². The number of aryl methyl sites for hydroxylation is 2. The zero-order chi connectivity index (χ0) is 29.9. The predicted octanol–water partition coefficient (Wildman–Crippen LogP) is 5.82. The number of primary amides is 1. The number of sulfone groups is 1. The average Bonchev–Trinajstić information content (AvgIpc) is 3.00. The fourth-order valence-corrected chi connectivity index (χ4v) is 6.31. The molecule has 0 unspecified atom stereocenters. The third-order valence-electron chi connectivity index (χ3n) is 7.11. The Balaban J connectivity index is 1.59. The molecule has 0 aliphatic heterocycles. The largest absolute Gasteiger partial charge is 0.497 e. The first-order chi connectivity index (χ1) is 20.2. The lowest BCUT2D eigenvalue weighted by Crippen LogP contribution is -2.14. The van der Waals surface area contributed by atoms with Crippen LogP contribution in [0, 0.1) is 6.92 Å². The van der Waals surface area contributed by atoms with Crippen molar-refractivity contribution < 1.29 is 23.1 Å². The summed E-state index contributed by atoms with van der Waals surface area (Å²) in [5.41, 5.74) is 10.7. The molecule has 0 saturated carbocycles. The minimum absolute atomic E-state index is 0.0705. The van der Waals surface area contributed by atoms with Crippen molar-refractivity contribution in [3.63, 3.8) is 0 Å². The second-order valence-corrected chi connectivity index (χ2v) is 11.9. The van der Waals surface area contributed by atoms with Gasteiger partial charge in [-0.15, -0.1) is 0 Å². The fourth-order valence-electron chi connectivity index (χ4n) is 4.89. The Hall–Kier alpha value is -4.73. The number of aliphatic hydroxyl groups excluding tert-OH is 1. The average molecular weight is 582 g/mol. The molecule has 5 aromatic rings. The maximum absolute atomic E-state index is 14.0. The molecule has 42 heavy (non-hydrogen) atoms. The molecule has 8 nitrogen and oxygen atoms in total. The van der Waals surface area contributed by atoms with Crippen LogP contribution in [0.25, 0.3) is 22.0 Å². The summed E-state index contributed by atoms with van der Waals surface area (Å²) < 4.78 is 33.3. The van der Waals surface area contributed by atoms with Gasteiger partial charge in [0.1, 0.15) is 5.75 Å². The molecule has 0 radical (unpaired) electrons. The van der Waals surface area contributed by atoms with E-state index < -0.39 is 15.7 Å². The number of carbonyl (C=O) groups excluding carboxylic acids is 1. The Morgan fingerprint density at radius 1 is 0.952 bits per heavy atom. The zero-order valence-corrected chi connectivity index (χ0v) is 24.1. The van der Waals surface area contributed by atoms with Crippen molar-refractivity contribution in [2.24, 2.45) is 5.73 Å². The molecule has 1 aromatic heterocycles. The molecule has 4 aromatic carbocycles. The Bertz CT molecular complexity index is 1890. The third-order valence-corrected chi connectivity index (χ3v) is 8.84. The van der Waals surface area contributed by atoms with Crippen molar-refractivity contribution in [1.29, 1.82) is 0 Å². The number of hydrogen-bond acceptors (Lipinski definition) is 7. The van der Waals surface area contributed by atoms with Crippen LogP contribution in [0.15, 0.2) is 101 Å². The Kier molecular flexibility index (Phi) is 8.24. The lowest BCUT2D eigenvalue weighted by molar-refractivity contribution is 0.100. The predicted molar refractivity (Wildman–Crippen MR) is 164 cm³/mol. The maximum Gasteiger partial charge on any atom is 0.252 e. The van der Waals surface area contributed by atoms with E-state index in [4.69, 9.17) is 15.6 Å². The van der Waals surface area contributed by atoms with Crippen LogP contribution in [0.3, 0.4) is 0 Å². The summed E-state index contributed by atoms with van der Waals surface area (Å²) in [6.45, 7) is 1.91. The summed E-state index contributed by atoms with van der Waals surface area (Å²) in [5, 5.41) is 12.8. The monoisotopic (exact) mass is 581 g/mol. The topological polar surface area (TPSA) is 132 Å². The molecule has 9 heteroatoms. The summed E-state index contributed by atoms with van der Waals surface area (Å²) in [5.74, 6) is -0.0890. The molecule has 0 aliphatic rings. The van der Waals surface area contributed by atoms with Crippen LogP contribution in [0.2, 0.25) is 0 Å². The number of hydrogen-bond donors (Lipinski definition) is 3. The van der Waals surface area contributed by atoms with Crippen molar-refractivity contribution in [2.75, 3.05) is 19.0 Å². The number of anilines is 2. The van der Waals surface area contributed by atoms with E-state index >= 15 is 0 Å². The number of methoxy groups -OCH3 is 1. The summed E-state index contributed by atoms with van der Waals surface area (Å²) in [6, 6.07) is 25.0. The van der Waals surface area contributed by atoms with Gasteiger partial charge in [0.25, 0.3) is 5.91 Å². The van der Waals surface area contributed by atoms with Crippen LogP contribution in [0.5, 0.6) is 5.75 Å². The number of fused-ring (bicyclic) bond motifs is 1. The van der Waals surface area contributed by atoms with Crippen LogP contribution >= 0.6 is 0 Å². The summed E-state index contributed by atoms with van der Waals surface area (Å²) in [4.78, 5) is 17.1. The first kappa shape index (κ1) is 28.8. The minimum Gasteiger partial charge on any atom is -0.497 e. The van der Waals surface area contributed by atoms with Gasteiger partial charge >= 0.3 is 0 Å². The number of rotatable bonds is 10. The third kappa shape index (κ3) is 5.83. The summed E-state index contributed by atoms with van der Waals surface area (Å²) >= 11 is 0. The van der Waals surface area contributed by atoms with Gasteiger partial charge in [0.05, 0.1) is 33.7 Å². The second kappa shape index (κ2) is 12.0. The van der Waals surface area contributed by atoms with Gasteiger partial charge in [0.2, 0.25) is 9.84 Å². The van der Waals surface area contributed by atoms with Gasteiger partial charge in [-0.2, -0.15) is 0 Å². The fraction of sp³-hybridized carbons (Fsp3) is 0.152. The van der Waals surface area contributed by atoms with E-state index in [1.54, 1.807) is 62.6 Å². The molecule has 1 heterocycles. The van der Waals surface area contributed by atoms with Crippen molar-refractivity contribution in [3.8, 4) is 16.9 Å². The van der Waals surface area contributed by atoms with Gasteiger partial charge in [0.15, 0.2) is 0 Å². The normalized spacial score (nSPS) is 11.4. The highest BCUT2D eigenvalue weighted by Crippen LogP contribution is 2.35. The summed E-state index contributed by atoms with van der Waals surface area (Å²) in [6.07, 6.45) is 2.85. The van der Waals surface area contributed by atoms with Crippen molar-refractivity contribution in [3.05, 3.63) is 108 Å². The molecular formula is C33H31N3O5S. The number of benzene rings is 4. The molecule has 0 saturated heterocycles. The van der Waals surface area contributed by atoms with Crippen molar-refractivity contribution in [1.82, 2.24) is 4.98 Å². The number of pyridine rings is 1. The molecule has 0 aliphatic carbocycles. The molecule has 5 rings (SSSR count). The van der Waals surface area contributed by atoms with E-state index in [1.165, 1.54) is 12.3 Å². The zero-order valence-electron chi connectivity index (χ0n) is 23.3. The van der Waals surface area contributed by atoms with Gasteiger partial charge in [-0.05, 0) is 78.4 Å². The van der Waals surface area contributed by atoms with Crippen LogP contribution in [0.4, 0.5) is 11.4 Å². The first-order valence-corrected chi connectivity index (χ1v) is 14.9. The van der Waals surface area contributed by atoms with Gasteiger partial charge in [-0.25, -0.2) is 8.42 Å². The van der Waals surface area contributed by atoms with Crippen LogP contribution in [-0.4, -0.2) is 38.1 Å². The molecular weight excluding hydrogens is 550 g/mol. The number of nitrogens with two attached hydrogens (primary N) is 1. The highest BCUT2D eigenvalue weighted by atomic mass is 32.2. The van der Waals surface area contributed by atoms with E-state index in [1.807, 2.05) is 30.3 Å². The smallest absolute Gasteiger partial charge is 0.252 e. The van der Waals surface area contributed by atoms with Gasteiger partial charge in [-0.3, -0.25) is 9.78 Å². The minimum atomic E-state index is -3.96. The Morgan fingerprint density at radius 3 is 2.43 bits per heavy atom. The van der Waals surface area contributed by atoms with Crippen molar-refractivity contribution >= 4 is 38.0 Å². The highest BCUT2D eigenvalue weighted by molar-refractivity contribution is 7.91. The molecule has 0 atom stereocenters. The Morgan fingerprint density at radius 2 is 1.71 bits per heavy atom. The van der Waals surface area contributed by atoms with E-state index in [0.29, 0.717) is 40.0 Å². The molecule has 0 spiro atoms. The molecule has 0 bridgehead atoms. The van der Waals surface area contributed by atoms with E-state index in [-0.39, 0.29) is 22.0 Å². The van der Waals surface area contributed by atoms with E-state index in [9.17, 15) is 13.2 Å². The molecule has 1 amide bonds. The Labute approximate surface area is 244 Å². The first-order valence-electron chi connectivity index (χ1n) is 13.4. The number of amides is 1. The number of aliphatic hydroxyl groups is 1.